The van der Waals surface area contributed by atoms with Gasteiger partial charge in [-0.3, -0.25) is 4.79 Å². The van der Waals surface area contributed by atoms with Crippen LogP contribution in [0.15, 0.2) is 0 Å². The summed E-state index contributed by atoms with van der Waals surface area (Å²) in [6, 6.07) is -0.746. The van der Waals surface area contributed by atoms with Crippen LogP contribution in [-0.2, 0) is 14.8 Å². The van der Waals surface area contributed by atoms with Gasteiger partial charge in [-0.15, -0.1) is 0 Å². The Labute approximate surface area is 115 Å². The van der Waals surface area contributed by atoms with Crippen LogP contribution in [0.4, 0.5) is 0 Å². The van der Waals surface area contributed by atoms with E-state index < -0.39 is 16.1 Å². The number of nitrogens with one attached hydrogen (secondary N) is 2. The second-order valence-corrected chi connectivity index (χ2v) is 7.73. The van der Waals surface area contributed by atoms with Gasteiger partial charge in [-0.1, -0.05) is 13.8 Å². The number of aliphatic hydroxyl groups excluding tert-OH is 1. The van der Waals surface area contributed by atoms with E-state index in [2.05, 4.69) is 10.0 Å². The molecule has 1 aliphatic carbocycles. The van der Waals surface area contributed by atoms with Crippen LogP contribution in [-0.4, -0.2) is 44.9 Å². The Morgan fingerprint density at radius 3 is 2.32 bits per heavy atom. The van der Waals surface area contributed by atoms with Gasteiger partial charge in [0.05, 0.1) is 12.9 Å². The molecule has 1 aliphatic rings. The van der Waals surface area contributed by atoms with Crippen LogP contribution >= 0.6 is 0 Å². The van der Waals surface area contributed by atoms with E-state index in [1.165, 1.54) is 0 Å². The van der Waals surface area contributed by atoms with Crippen molar-refractivity contribution in [2.24, 2.45) is 11.3 Å². The second kappa shape index (κ2) is 6.19. The van der Waals surface area contributed by atoms with Crippen molar-refractivity contribution < 1.29 is 18.3 Å². The van der Waals surface area contributed by atoms with E-state index in [1.807, 2.05) is 13.8 Å². The van der Waals surface area contributed by atoms with E-state index >= 15 is 0 Å². The Morgan fingerprint density at radius 1 is 1.37 bits per heavy atom. The maximum absolute atomic E-state index is 12.0. The van der Waals surface area contributed by atoms with Gasteiger partial charge < -0.3 is 10.4 Å². The topological polar surface area (TPSA) is 95.5 Å². The quantitative estimate of drug-likeness (QED) is 0.579. The van der Waals surface area contributed by atoms with Crippen LogP contribution in [0.3, 0.4) is 0 Å². The Morgan fingerprint density at radius 2 is 1.95 bits per heavy atom. The van der Waals surface area contributed by atoms with Crippen molar-refractivity contribution in [2.45, 2.75) is 39.2 Å². The predicted octanol–water partition coefficient (Wildman–Crippen LogP) is -0.161. The van der Waals surface area contributed by atoms with Gasteiger partial charge in [0, 0.05) is 12.0 Å². The average molecular weight is 292 g/mol. The molecule has 3 N–H and O–H groups in total. The molecule has 0 radical (unpaired) electrons. The summed E-state index contributed by atoms with van der Waals surface area (Å²) in [5, 5.41) is 11.9. The Bertz CT molecular complexity index is 415. The number of hydrogen-bond donors (Lipinski definition) is 3. The second-order valence-electron chi connectivity index (χ2n) is 5.95. The van der Waals surface area contributed by atoms with Gasteiger partial charge in [-0.2, -0.15) is 0 Å². The molecule has 0 saturated heterocycles. The van der Waals surface area contributed by atoms with Gasteiger partial charge in [0.2, 0.25) is 15.9 Å². The fourth-order valence-corrected chi connectivity index (χ4v) is 2.62. The Hall–Kier alpha value is -0.660. The van der Waals surface area contributed by atoms with Crippen LogP contribution in [0.2, 0.25) is 0 Å². The number of hydrogen-bond acceptors (Lipinski definition) is 4. The zero-order valence-electron chi connectivity index (χ0n) is 11.8. The zero-order valence-corrected chi connectivity index (χ0v) is 12.6. The third-order valence-corrected chi connectivity index (χ3v) is 4.02. The van der Waals surface area contributed by atoms with Crippen molar-refractivity contribution in [3.8, 4) is 0 Å². The molecule has 112 valence electrons. The maximum atomic E-state index is 12.0. The maximum Gasteiger partial charge on any atom is 0.238 e. The van der Waals surface area contributed by atoms with Crippen LogP contribution in [0, 0.1) is 11.3 Å². The van der Waals surface area contributed by atoms with Crippen molar-refractivity contribution in [2.75, 3.05) is 19.4 Å². The van der Waals surface area contributed by atoms with E-state index in [1.54, 1.807) is 0 Å². The lowest BCUT2D eigenvalue weighted by molar-refractivity contribution is -0.123. The summed E-state index contributed by atoms with van der Waals surface area (Å²) in [5.74, 6) is -0.114. The van der Waals surface area contributed by atoms with E-state index in [-0.39, 0.29) is 23.8 Å². The van der Waals surface area contributed by atoms with Gasteiger partial charge in [0.15, 0.2) is 0 Å². The minimum absolute atomic E-state index is 0.0572. The first-order valence-corrected chi connectivity index (χ1v) is 8.42. The molecule has 1 amide bonds. The van der Waals surface area contributed by atoms with Gasteiger partial charge in [0.25, 0.3) is 0 Å². The number of carbonyl (C=O) groups excluding carboxylic acids is 1. The Kier molecular flexibility index (Phi) is 5.34. The van der Waals surface area contributed by atoms with Gasteiger partial charge in [-0.25, -0.2) is 13.1 Å². The highest BCUT2D eigenvalue weighted by molar-refractivity contribution is 7.88. The van der Waals surface area contributed by atoms with E-state index in [0.29, 0.717) is 13.0 Å². The van der Waals surface area contributed by atoms with E-state index in [4.69, 9.17) is 0 Å². The SMILES string of the molecule is CC(C)CC(NS(C)(=O)=O)C(=O)NCC1(CO)CC1. The van der Waals surface area contributed by atoms with Crippen molar-refractivity contribution in [1.29, 1.82) is 0 Å². The molecule has 0 aromatic heterocycles. The first kappa shape index (κ1) is 16.4. The van der Waals surface area contributed by atoms with Crippen LogP contribution in [0.25, 0.3) is 0 Å². The molecule has 6 nitrogen and oxygen atoms in total. The average Bonchev–Trinajstić information content (AvgIpc) is 3.03. The molecule has 1 rings (SSSR count). The lowest BCUT2D eigenvalue weighted by Crippen LogP contribution is -2.48. The summed E-state index contributed by atoms with van der Waals surface area (Å²) in [4.78, 5) is 12.0. The van der Waals surface area contributed by atoms with Crippen LogP contribution in [0.1, 0.15) is 33.1 Å². The van der Waals surface area contributed by atoms with E-state index in [9.17, 15) is 18.3 Å². The molecule has 1 unspecified atom stereocenters. The summed E-state index contributed by atoms with van der Waals surface area (Å²) in [7, 11) is -3.42. The lowest BCUT2D eigenvalue weighted by atomic mass is 10.0. The summed E-state index contributed by atoms with van der Waals surface area (Å²) in [5.41, 5.74) is -0.177. The van der Waals surface area contributed by atoms with Crippen molar-refractivity contribution in [3.05, 3.63) is 0 Å². The molecular weight excluding hydrogens is 268 g/mol. The van der Waals surface area contributed by atoms with Crippen LogP contribution in [0.5, 0.6) is 0 Å². The third kappa shape index (κ3) is 5.88. The first-order valence-electron chi connectivity index (χ1n) is 6.53. The monoisotopic (exact) mass is 292 g/mol. The number of carbonyl (C=O) groups is 1. The molecular formula is C12H24N2O4S. The van der Waals surface area contributed by atoms with Gasteiger partial charge >= 0.3 is 0 Å². The molecule has 0 bridgehead atoms. The summed E-state index contributed by atoms with van der Waals surface area (Å²) in [6.45, 7) is 4.32. The molecule has 7 heteroatoms. The summed E-state index contributed by atoms with van der Waals surface area (Å²) >= 11 is 0. The van der Waals surface area contributed by atoms with Gasteiger partial charge in [-0.05, 0) is 25.2 Å². The number of aliphatic hydroxyl groups is 1. The first-order chi connectivity index (χ1) is 8.67. The molecule has 0 aliphatic heterocycles. The van der Waals surface area contributed by atoms with Gasteiger partial charge in [0.1, 0.15) is 6.04 Å². The highest BCUT2D eigenvalue weighted by Gasteiger charge is 2.42. The smallest absolute Gasteiger partial charge is 0.238 e. The summed E-state index contributed by atoms with van der Waals surface area (Å²) in [6.07, 6.45) is 3.30. The number of sulfonamides is 1. The van der Waals surface area contributed by atoms with Crippen molar-refractivity contribution >= 4 is 15.9 Å². The summed E-state index contributed by atoms with van der Waals surface area (Å²) < 4.78 is 24.9. The van der Waals surface area contributed by atoms with E-state index in [0.717, 1.165) is 19.1 Å². The minimum atomic E-state index is -3.42. The largest absolute Gasteiger partial charge is 0.396 e. The lowest BCUT2D eigenvalue weighted by Gasteiger charge is -2.20. The fourth-order valence-electron chi connectivity index (χ4n) is 1.90. The molecule has 1 atom stereocenters. The molecule has 0 aromatic rings. The molecule has 1 saturated carbocycles. The minimum Gasteiger partial charge on any atom is -0.396 e. The van der Waals surface area contributed by atoms with Crippen LogP contribution < -0.4 is 10.0 Å². The van der Waals surface area contributed by atoms with Crippen molar-refractivity contribution in [3.63, 3.8) is 0 Å². The molecule has 0 heterocycles. The highest BCUT2D eigenvalue weighted by Crippen LogP contribution is 2.44. The molecule has 19 heavy (non-hydrogen) atoms. The highest BCUT2D eigenvalue weighted by atomic mass is 32.2. The normalized spacial score (nSPS) is 19.2. The molecule has 0 spiro atoms. The third-order valence-electron chi connectivity index (χ3n) is 3.31. The Balaban J connectivity index is 2.55. The zero-order chi connectivity index (χ0) is 14.7. The molecule has 1 fully saturated rings. The predicted molar refractivity (Wildman–Crippen MR) is 73.0 cm³/mol. The molecule has 0 aromatic carbocycles. The number of amides is 1. The number of rotatable bonds is 8. The fraction of sp³-hybridized carbons (Fsp3) is 0.917. The standard InChI is InChI=1S/C12H24N2O4S/c1-9(2)6-10(14-19(3,17)18)11(16)13-7-12(8-15)4-5-12/h9-10,14-15H,4-8H2,1-3H3,(H,13,16). The van der Waals surface area contributed by atoms with Crippen molar-refractivity contribution in [1.82, 2.24) is 10.0 Å².